The first-order chi connectivity index (χ1) is 17.6. The molecular formula is C23H18ClF3N4O4S2. The molecule has 2 heterocycles. The SMILES string of the molecule is O=C1N=C(N2CCSCC2)SC1=Cc1cccc(C(=O)ONNC(=O)c2cc(C(F)(F)F)ccc2Cl)c1. The van der Waals surface area contributed by atoms with Gasteiger partial charge in [-0.1, -0.05) is 29.3 Å². The zero-order valence-corrected chi connectivity index (χ0v) is 21.2. The van der Waals surface area contributed by atoms with Gasteiger partial charge in [-0.3, -0.25) is 15.0 Å². The highest BCUT2D eigenvalue weighted by Crippen LogP contribution is 2.32. The molecule has 14 heteroatoms. The van der Waals surface area contributed by atoms with Crippen LogP contribution < -0.4 is 11.0 Å². The molecule has 2 amide bonds. The molecule has 0 atom stereocenters. The molecule has 2 N–H and O–H groups in total. The molecular weight excluding hydrogens is 553 g/mol. The van der Waals surface area contributed by atoms with Gasteiger partial charge < -0.3 is 9.74 Å². The molecule has 0 bridgehead atoms. The number of thioether (sulfide) groups is 2. The second-order valence-corrected chi connectivity index (χ2v) is 10.3. The standard InChI is InChI=1S/C23H18ClF3N4O4S2/c24-17-5-4-15(23(25,26)27)12-16(17)19(32)29-30-35-21(34)14-3-1-2-13(10-14)11-18-20(33)28-22(37-18)31-6-8-36-9-7-31/h1-5,10-12,30H,6-9H2,(H,29,32). The minimum absolute atomic E-state index is 0.0952. The van der Waals surface area contributed by atoms with Gasteiger partial charge >= 0.3 is 12.1 Å². The van der Waals surface area contributed by atoms with Crippen LogP contribution in [0.15, 0.2) is 52.4 Å². The van der Waals surface area contributed by atoms with Crippen molar-refractivity contribution >= 4 is 64.2 Å². The van der Waals surface area contributed by atoms with Gasteiger partial charge in [0.05, 0.1) is 26.6 Å². The summed E-state index contributed by atoms with van der Waals surface area (Å²) < 4.78 is 38.7. The Balaban J connectivity index is 1.35. The minimum Gasteiger partial charge on any atom is -0.349 e. The largest absolute Gasteiger partial charge is 0.416 e. The van der Waals surface area contributed by atoms with Crippen LogP contribution in [0.5, 0.6) is 0 Å². The third-order valence-electron chi connectivity index (χ3n) is 5.16. The number of nitrogens with one attached hydrogen (secondary N) is 2. The zero-order valence-electron chi connectivity index (χ0n) is 18.8. The first-order valence-corrected chi connectivity index (χ1v) is 13.1. The van der Waals surface area contributed by atoms with Crippen LogP contribution >= 0.6 is 35.1 Å². The van der Waals surface area contributed by atoms with Crippen LogP contribution in [-0.2, 0) is 15.8 Å². The second kappa shape index (κ2) is 11.6. The molecule has 37 heavy (non-hydrogen) atoms. The number of carbonyl (C=O) groups is 3. The van der Waals surface area contributed by atoms with E-state index in [4.69, 9.17) is 16.4 Å². The summed E-state index contributed by atoms with van der Waals surface area (Å²) in [5.74, 6) is -0.341. The molecule has 8 nitrogen and oxygen atoms in total. The summed E-state index contributed by atoms with van der Waals surface area (Å²) in [6.45, 7) is 1.64. The Kier molecular flexibility index (Phi) is 8.47. The number of carbonyl (C=O) groups excluding carboxylic acids is 3. The van der Waals surface area contributed by atoms with Crippen molar-refractivity contribution in [2.45, 2.75) is 6.18 Å². The summed E-state index contributed by atoms with van der Waals surface area (Å²) in [5.41, 5.74) is 3.02. The van der Waals surface area contributed by atoms with Crippen molar-refractivity contribution in [3.8, 4) is 0 Å². The molecule has 0 spiro atoms. The minimum atomic E-state index is -4.66. The Bertz CT molecular complexity index is 1300. The van der Waals surface area contributed by atoms with E-state index >= 15 is 0 Å². The van der Waals surface area contributed by atoms with E-state index in [0.717, 1.165) is 36.7 Å². The van der Waals surface area contributed by atoms with E-state index in [2.05, 4.69) is 9.89 Å². The number of hydrogen-bond donors (Lipinski definition) is 2. The van der Waals surface area contributed by atoms with Crippen LogP contribution in [0.3, 0.4) is 0 Å². The van der Waals surface area contributed by atoms with Crippen molar-refractivity contribution in [2.24, 2.45) is 4.99 Å². The first kappa shape index (κ1) is 27.0. The third-order valence-corrected chi connectivity index (χ3v) is 7.47. The van der Waals surface area contributed by atoms with E-state index in [1.807, 2.05) is 22.8 Å². The number of benzene rings is 2. The normalized spacial score (nSPS) is 17.1. The summed E-state index contributed by atoms with van der Waals surface area (Å²) in [4.78, 5) is 48.4. The predicted octanol–water partition coefficient (Wildman–Crippen LogP) is 4.38. The number of hydrogen-bond acceptors (Lipinski definition) is 8. The van der Waals surface area contributed by atoms with Crippen molar-refractivity contribution in [2.75, 3.05) is 24.6 Å². The highest BCUT2D eigenvalue weighted by molar-refractivity contribution is 8.18. The van der Waals surface area contributed by atoms with Crippen molar-refractivity contribution in [1.29, 1.82) is 0 Å². The van der Waals surface area contributed by atoms with Gasteiger partial charge in [-0.25, -0.2) is 4.79 Å². The second-order valence-electron chi connectivity index (χ2n) is 7.67. The number of amidine groups is 1. The van der Waals surface area contributed by atoms with Crippen LogP contribution in [0, 0.1) is 0 Å². The number of alkyl halides is 3. The molecule has 0 aliphatic carbocycles. The van der Waals surface area contributed by atoms with Crippen LogP contribution in [-0.4, -0.2) is 52.4 Å². The highest BCUT2D eigenvalue weighted by atomic mass is 35.5. The quantitative estimate of drug-likeness (QED) is 0.403. The van der Waals surface area contributed by atoms with E-state index in [1.165, 1.54) is 23.9 Å². The van der Waals surface area contributed by atoms with Gasteiger partial charge in [0.15, 0.2) is 5.17 Å². The van der Waals surface area contributed by atoms with Crippen LogP contribution in [0.1, 0.15) is 31.8 Å². The summed E-state index contributed by atoms with van der Waals surface area (Å²) in [6, 6.07) is 8.47. The Hall–Kier alpha value is -3.00. The lowest BCUT2D eigenvalue weighted by Gasteiger charge is -2.26. The topological polar surface area (TPSA) is 100 Å². The maximum absolute atomic E-state index is 12.9. The molecule has 194 valence electrons. The van der Waals surface area contributed by atoms with E-state index in [0.29, 0.717) is 21.7 Å². The number of hydrazine groups is 1. The zero-order chi connectivity index (χ0) is 26.6. The number of aliphatic imine (C=N–C) groups is 1. The number of nitrogens with zero attached hydrogens (tertiary/aromatic N) is 2. The van der Waals surface area contributed by atoms with Gasteiger partial charge in [0.25, 0.3) is 11.8 Å². The fourth-order valence-corrected chi connectivity index (χ4v) is 5.39. The van der Waals surface area contributed by atoms with E-state index < -0.39 is 29.2 Å². The van der Waals surface area contributed by atoms with Crippen molar-refractivity contribution in [1.82, 2.24) is 15.9 Å². The molecule has 0 saturated carbocycles. The fourth-order valence-electron chi connectivity index (χ4n) is 3.31. The number of rotatable bonds is 5. The molecule has 1 fully saturated rings. The molecule has 2 aliphatic rings. The lowest BCUT2D eigenvalue weighted by atomic mass is 10.1. The lowest BCUT2D eigenvalue weighted by Crippen LogP contribution is -2.39. The molecule has 1 saturated heterocycles. The van der Waals surface area contributed by atoms with E-state index in [-0.39, 0.29) is 16.5 Å². The van der Waals surface area contributed by atoms with Crippen LogP contribution in [0.25, 0.3) is 6.08 Å². The summed E-state index contributed by atoms with van der Waals surface area (Å²) in [6.07, 6.45) is -3.05. The Morgan fingerprint density at radius 2 is 1.89 bits per heavy atom. The molecule has 2 aromatic carbocycles. The van der Waals surface area contributed by atoms with Crippen LogP contribution in [0.2, 0.25) is 5.02 Å². The van der Waals surface area contributed by atoms with Gasteiger partial charge in [-0.05, 0) is 53.7 Å². The number of halogens is 4. The molecule has 2 aliphatic heterocycles. The Morgan fingerprint density at radius 1 is 1.14 bits per heavy atom. The average Bonchev–Trinajstić information content (AvgIpc) is 3.24. The van der Waals surface area contributed by atoms with Gasteiger partial charge in [0, 0.05) is 24.6 Å². The van der Waals surface area contributed by atoms with Gasteiger partial charge in [-0.15, -0.1) is 0 Å². The summed E-state index contributed by atoms with van der Waals surface area (Å²) in [7, 11) is 0. The monoisotopic (exact) mass is 570 g/mol. The van der Waals surface area contributed by atoms with Gasteiger partial charge in [0.2, 0.25) is 0 Å². The van der Waals surface area contributed by atoms with Crippen molar-refractivity contribution in [3.05, 3.63) is 74.6 Å². The lowest BCUT2D eigenvalue weighted by molar-refractivity contribution is -0.137. The summed E-state index contributed by atoms with van der Waals surface area (Å²) in [5, 5.41) is 0.443. The molecule has 2 aromatic rings. The third kappa shape index (κ3) is 6.86. The van der Waals surface area contributed by atoms with E-state index in [9.17, 15) is 27.6 Å². The smallest absolute Gasteiger partial charge is 0.349 e. The van der Waals surface area contributed by atoms with Crippen LogP contribution in [0.4, 0.5) is 13.2 Å². The maximum atomic E-state index is 12.9. The molecule has 0 aromatic heterocycles. The first-order valence-electron chi connectivity index (χ1n) is 10.7. The highest BCUT2D eigenvalue weighted by Gasteiger charge is 2.32. The molecule has 0 radical (unpaired) electrons. The van der Waals surface area contributed by atoms with Gasteiger partial charge in [0.1, 0.15) is 0 Å². The maximum Gasteiger partial charge on any atom is 0.416 e. The molecule has 0 unspecified atom stereocenters. The Labute approximate surface area is 222 Å². The average molecular weight is 571 g/mol. The van der Waals surface area contributed by atoms with Crippen molar-refractivity contribution < 1.29 is 32.4 Å². The van der Waals surface area contributed by atoms with Crippen molar-refractivity contribution in [3.63, 3.8) is 0 Å². The molecule has 4 rings (SSSR count). The number of amides is 2. The summed E-state index contributed by atoms with van der Waals surface area (Å²) >= 11 is 8.95. The fraction of sp³-hybridized carbons (Fsp3) is 0.217. The van der Waals surface area contributed by atoms with Gasteiger partial charge in [-0.2, -0.15) is 29.9 Å². The van der Waals surface area contributed by atoms with E-state index in [1.54, 1.807) is 18.2 Å². The Morgan fingerprint density at radius 3 is 2.62 bits per heavy atom. The predicted molar refractivity (Wildman–Crippen MR) is 136 cm³/mol.